The van der Waals surface area contributed by atoms with Crippen molar-refractivity contribution in [2.75, 3.05) is 0 Å². The zero-order valence-electron chi connectivity index (χ0n) is 20.6. The van der Waals surface area contributed by atoms with Gasteiger partial charge in [-0.3, -0.25) is 14.9 Å². The van der Waals surface area contributed by atoms with Crippen molar-refractivity contribution in [3.63, 3.8) is 0 Å². The molecule has 8 nitrogen and oxygen atoms in total. The van der Waals surface area contributed by atoms with Crippen LogP contribution in [0, 0.1) is 17.5 Å². The van der Waals surface area contributed by atoms with Crippen LogP contribution >= 0.6 is 0 Å². The number of pyridine rings is 1. The fourth-order valence-corrected chi connectivity index (χ4v) is 5.96. The van der Waals surface area contributed by atoms with Gasteiger partial charge in [0.25, 0.3) is 5.91 Å². The highest BCUT2D eigenvalue weighted by atomic mass is 19.2. The summed E-state index contributed by atoms with van der Waals surface area (Å²) in [6, 6.07) is 10.5. The van der Waals surface area contributed by atoms with E-state index >= 15 is 4.39 Å². The molecule has 11 heteroatoms. The van der Waals surface area contributed by atoms with E-state index in [0.717, 1.165) is 30.8 Å². The molecule has 39 heavy (non-hydrogen) atoms. The van der Waals surface area contributed by atoms with E-state index in [1.807, 2.05) is 10.6 Å². The molecule has 1 saturated carbocycles. The molecule has 0 bridgehead atoms. The fraction of sp³-hybridized carbons (Fsp3) is 0.250. The molecule has 5 aromatic rings. The normalized spacial score (nSPS) is 19.2. The largest absolute Gasteiger partial charge is 0.331 e. The standard InChI is InChI=1S/C28H22F3N7O/c29-19-7-2-1-6-18(19)27-35-22-12-32-21(26-33-14-34-36-26)11-23(22)38(27)17-5-3-4-16(10-17)37-13-15-8-9-20(30)25(31)24(15)28(37)39/h1-2,6-9,11-12,14,16-17H,3-5,10,13H2,(H,33,34,36)/t16-,17+/m0/s1. The topological polar surface area (TPSA) is 92.6 Å². The predicted molar refractivity (Wildman–Crippen MR) is 136 cm³/mol. The smallest absolute Gasteiger partial charge is 0.257 e. The Hall–Kier alpha value is -4.54. The van der Waals surface area contributed by atoms with Crippen molar-refractivity contribution in [2.24, 2.45) is 0 Å². The molecule has 2 aromatic carbocycles. The number of carbonyl (C=O) groups excluding carboxylic acids is 1. The Bertz CT molecular complexity index is 1730. The molecule has 2 aliphatic rings. The van der Waals surface area contributed by atoms with Crippen molar-refractivity contribution in [3.8, 4) is 22.9 Å². The number of nitrogens with one attached hydrogen (secondary N) is 1. The number of aromatic nitrogens is 6. The van der Waals surface area contributed by atoms with Crippen LogP contribution in [0.2, 0.25) is 0 Å². The molecule has 1 N–H and O–H groups in total. The summed E-state index contributed by atoms with van der Waals surface area (Å²) in [5.74, 6) is -2.12. The van der Waals surface area contributed by atoms with Gasteiger partial charge < -0.3 is 9.47 Å². The highest BCUT2D eigenvalue weighted by Gasteiger charge is 2.39. The minimum Gasteiger partial charge on any atom is -0.331 e. The molecular formula is C28H22F3N7O. The number of hydrogen-bond acceptors (Lipinski definition) is 5. The molecule has 4 heterocycles. The second-order valence-electron chi connectivity index (χ2n) is 9.97. The Morgan fingerprint density at radius 3 is 2.64 bits per heavy atom. The Balaban J connectivity index is 1.31. The van der Waals surface area contributed by atoms with Gasteiger partial charge in [-0.2, -0.15) is 5.10 Å². The van der Waals surface area contributed by atoms with Gasteiger partial charge in [-0.15, -0.1) is 0 Å². The van der Waals surface area contributed by atoms with Crippen LogP contribution in [0.25, 0.3) is 33.9 Å². The van der Waals surface area contributed by atoms with E-state index in [1.165, 1.54) is 18.5 Å². The summed E-state index contributed by atoms with van der Waals surface area (Å²) < 4.78 is 45.5. The lowest BCUT2D eigenvalue weighted by atomic mass is 9.89. The summed E-state index contributed by atoms with van der Waals surface area (Å²) in [5.41, 5.74) is 2.55. The Labute approximate surface area is 220 Å². The van der Waals surface area contributed by atoms with E-state index < -0.39 is 23.4 Å². The van der Waals surface area contributed by atoms with Crippen molar-refractivity contribution < 1.29 is 18.0 Å². The van der Waals surface area contributed by atoms with Crippen LogP contribution in [0.4, 0.5) is 13.2 Å². The van der Waals surface area contributed by atoms with Crippen molar-refractivity contribution in [1.82, 2.24) is 34.6 Å². The van der Waals surface area contributed by atoms with Gasteiger partial charge in [-0.05, 0) is 55.5 Å². The Kier molecular flexibility index (Phi) is 5.46. The number of halogens is 3. The first kappa shape index (κ1) is 23.6. The summed E-state index contributed by atoms with van der Waals surface area (Å²) in [7, 11) is 0. The van der Waals surface area contributed by atoms with E-state index in [1.54, 1.807) is 29.3 Å². The molecule has 0 spiro atoms. The van der Waals surface area contributed by atoms with Crippen LogP contribution in [0.15, 0.2) is 55.0 Å². The second-order valence-corrected chi connectivity index (χ2v) is 9.97. The highest BCUT2D eigenvalue weighted by molar-refractivity contribution is 5.98. The second kappa shape index (κ2) is 9.04. The van der Waals surface area contributed by atoms with Crippen LogP contribution < -0.4 is 0 Å². The maximum Gasteiger partial charge on any atom is 0.257 e. The number of imidazole rings is 1. The van der Waals surface area contributed by atoms with Crippen molar-refractivity contribution in [2.45, 2.75) is 44.3 Å². The van der Waals surface area contributed by atoms with Gasteiger partial charge in [0.2, 0.25) is 0 Å². The minimum absolute atomic E-state index is 0.135. The van der Waals surface area contributed by atoms with E-state index in [4.69, 9.17) is 4.98 Å². The third-order valence-electron chi connectivity index (χ3n) is 7.76. The van der Waals surface area contributed by atoms with Crippen molar-refractivity contribution in [3.05, 3.63) is 83.6 Å². The zero-order chi connectivity index (χ0) is 26.7. The minimum atomic E-state index is -1.10. The first-order valence-corrected chi connectivity index (χ1v) is 12.8. The van der Waals surface area contributed by atoms with Gasteiger partial charge in [-0.25, -0.2) is 23.1 Å². The molecule has 7 rings (SSSR count). The van der Waals surface area contributed by atoms with Gasteiger partial charge in [0.1, 0.15) is 29.2 Å². The first-order chi connectivity index (χ1) is 19.0. The number of aromatic amines is 1. The lowest BCUT2D eigenvalue weighted by molar-refractivity contribution is 0.0627. The van der Waals surface area contributed by atoms with Crippen molar-refractivity contribution in [1.29, 1.82) is 0 Å². The summed E-state index contributed by atoms with van der Waals surface area (Å²) in [6.07, 6.45) is 5.94. The Morgan fingerprint density at radius 2 is 1.82 bits per heavy atom. The Morgan fingerprint density at radius 1 is 0.974 bits per heavy atom. The molecule has 3 aromatic heterocycles. The summed E-state index contributed by atoms with van der Waals surface area (Å²) in [6.45, 7) is 0.229. The number of carbonyl (C=O) groups is 1. The number of rotatable bonds is 4. The molecule has 0 unspecified atom stereocenters. The van der Waals surface area contributed by atoms with E-state index in [-0.39, 0.29) is 24.2 Å². The summed E-state index contributed by atoms with van der Waals surface area (Å²) in [5, 5.41) is 6.82. The number of amides is 1. The number of nitrogens with zero attached hydrogens (tertiary/aromatic N) is 6. The molecule has 0 radical (unpaired) electrons. The van der Waals surface area contributed by atoms with Gasteiger partial charge in [-0.1, -0.05) is 18.2 Å². The molecule has 1 aliphatic heterocycles. The number of H-pyrrole nitrogens is 1. The van der Waals surface area contributed by atoms with E-state index in [0.29, 0.717) is 40.4 Å². The van der Waals surface area contributed by atoms with Crippen LogP contribution in [0.3, 0.4) is 0 Å². The molecule has 196 valence electrons. The van der Waals surface area contributed by atoms with Gasteiger partial charge >= 0.3 is 0 Å². The van der Waals surface area contributed by atoms with Gasteiger partial charge in [0, 0.05) is 18.6 Å². The van der Waals surface area contributed by atoms with Crippen LogP contribution in [0.5, 0.6) is 0 Å². The lowest BCUT2D eigenvalue weighted by Gasteiger charge is -2.36. The zero-order valence-corrected chi connectivity index (χ0v) is 20.6. The molecule has 1 aliphatic carbocycles. The van der Waals surface area contributed by atoms with Crippen LogP contribution in [-0.4, -0.2) is 46.6 Å². The monoisotopic (exact) mass is 529 g/mol. The summed E-state index contributed by atoms with van der Waals surface area (Å²) >= 11 is 0. The maximum absolute atomic E-state index is 15.0. The van der Waals surface area contributed by atoms with E-state index in [2.05, 4.69) is 20.2 Å². The quantitative estimate of drug-likeness (QED) is 0.335. The number of benzene rings is 2. The highest BCUT2D eigenvalue weighted by Crippen LogP contribution is 2.40. The van der Waals surface area contributed by atoms with Gasteiger partial charge in [0.15, 0.2) is 17.5 Å². The van der Waals surface area contributed by atoms with Crippen LogP contribution in [-0.2, 0) is 6.54 Å². The molecule has 1 fully saturated rings. The molecule has 0 saturated heterocycles. The fourth-order valence-electron chi connectivity index (χ4n) is 5.96. The maximum atomic E-state index is 15.0. The average molecular weight is 530 g/mol. The number of fused-ring (bicyclic) bond motifs is 2. The van der Waals surface area contributed by atoms with E-state index in [9.17, 15) is 13.6 Å². The average Bonchev–Trinajstić information content (AvgIpc) is 3.69. The molecule has 1 amide bonds. The molecular weight excluding hydrogens is 507 g/mol. The number of hydrogen-bond donors (Lipinski definition) is 1. The first-order valence-electron chi connectivity index (χ1n) is 12.8. The third kappa shape index (κ3) is 3.79. The summed E-state index contributed by atoms with van der Waals surface area (Å²) in [4.78, 5) is 28.3. The van der Waals surface area contributed by atoms with Gasteiger partial charge in [0.05, 0.1) is 22.8 Å². The van der Waals surface area contributed by atoms with Crippen molar-refractivity contribution >= 4 is 16.9 Å². The predicted octanol–water partition coefficient (Wildman–Crippen LogP) is 5.44. The third-order valence-corrected chi connectivity index (χ3v) is 7.76. The SMILES string of the molecule is O=C1c2c(ccc(F)c2F)CN1[C@H]1CCC[C@@H](n2c(-c3ccccc3F)nc3cnc(-c4nc[nH]n4)cc32)C1. The lowest BCUT2D eigenvalue weighted by Crippen LogP contribution is -2.39. The molecule has 2 atom stereocenters. The van der Waals surface area contributed by atoms with Crippen LogP contribution in [0.1, 0.15) is 47.6 Å².